The van der Waals surface area contributed by atoms with E-state index < -0.39 is 5.97 Å². The topological polar surface area (TPSA) is 37.3 Å². The van der Waals surface area contributed by atoms with Crippen molar-refractivity contribution in [1.82, 2.24) is 0 Å². The van der Waals surface area contributed by atoms with Crippen LogP contribution in [0.2, 0.25) is 0 Å². The van der Waals surface area contributed by atoms with Crippen molar-refractivity contribution in [3.63, 3.8) is 0 Å². The Morgan fingerprint density at radius 3 is 2.28 bits per heavy atom. The molecule has 2 rings (SSSR count). The van der Waals surface area contributed by atoms with E-state index in [-0.39, 0.29) is 0 Å². The summed E-state index contributed by atoms with van der Waals surface area (Å²) in [6.07, 6.45) is 0.767. The number of hydrogen-bond acceptors (Lipinski definition) is 1. The Morgan fingerprint density at radius 1 is 1.00 bits per heavy atom. The molecule has 3 heteroatoms. The lowest BCUT2D eigenvalue weighted by Gasteiger charge is -2.04. The quantitative estimate of drug-likeness (QED) is 0.669. The van der Waals surface area contributed by atoms with Gasteiger partial charge in [0.05, 0.1) is 5.56 Å². The fourth-order valence-corrected chi connectivity index (χ4v) is 2.30. The highest BCUT2D eigenvalue weighted by molar-refractivity contribution is 14.1. The minimum Gasteiger partial charge on any atom is -0.478 e. The first-order valence-corrected chi connectivity index (χ1v) is 7.17. The summed E-state index contributed by atoms with van der Waals surface area (Å²) in [5, 5.41) is 8.94. The SMILES string of the molecule is O=C(O)c1cccc(Cc2ccc(CI)cc2)c1. The van der Waals surface area contributed by atoms with E-state index in [4.69, 9.17) is 5.11 Å². The maximum absolute atomic E-state index is 10.9. The van der Waals surface area contributed by atoms with Crippen LogP contribution in [0.5, 0.6) is 0 Å². The van der Waals surface area contributed by atoms with E-state index >= 15 is 0 Å². The van der Waals surface area contributed by atoms with Crippen LogP contribution in [0.25, 0.3) is 0 Å². The largest absolute Gasteiger partial charge is 0.478 e. The van der Waals surface area contributed by atoms with Gasteiger partial charge in [-0.05, 0) is 35.2 Å². The van der Waals surface area contributed by atoms with E-state index in [0.717, 1.165) is 16.4 Å². The molecule has 2 aromatic carbocycles. The highest BCUT2D eigenvalue weighted by Crippen LogP contribution is 2.14. The number of carbonyl (C=O) groups is 1. The fraction of sp³-hybridized carbons (Fsp3) is 0.133. The normalized spacial score (nSPS) is 10.3. The zero-order valence-electron chi connectivity index (χ0n) is 9.77. The molecule has 0 fully saturated rings. The van der Waals surface area contributed by atoms with Crippen LogP contribution in [-0.4, -0.2) is 11.1 Å². The minimum absolute atomic E-state index is 0.344. The van der Waals surface area contributed by atoms with E-state index in [9.17, 15) is 4.79 Å². The fourth-order valence-electron chi connectivity index (χ4n) is 1.80. The number of halogens is 1. The van der Waals surface area contributed by atoms with Crippen molar-refractivity contribution >= 4 is 28.6 Å². The van der Waals surface area contributed by atoms with Crippen LogP contribution in [0.4, 0.5) is 0 Å². The van der Waals surface area contributed by atoms with Crippen LogP contribution in [0, 0.1) is 0 Å². The van der Waals surface area contributed by atoms with Crippen LogP contribution >= 0.6 is 22.6 Å². The van der Waals surface area contributed by atoms with Crippen molar-refractivity contribution < 1.29 is 9.90 Å². The van der Waals surface area contributed by atoms with Crippen LogP contribution in [0.3, 0.4) is 0 Å². The Labute approximate surface area is 120 Å². The van der Waals surface area contributed by atoms with Gasteiger partial charge in [-0.2, -0.15) is 0 Å². The molecule has 0 aliphatic heterocycles. The number of carboxylic acid groups (broad SMARTS) is 1. The molecule has 0 spiro atoms. The molecule has 0 aliphatic carbocycles. The third-order valence-corrected chi connectivity index (χ3v) is 3.64. The second kappa shape index (κ2) is 6.00. The number of aromatic carboxylic acids is 1. The molecule has 0 saturated carbocycles. The lowest BCUT2D eigenvalue weighted by Crippen LogP contribution is -1.97. The molecule has 0 unspecified atom stereocenters. The second-order valence-electron chi connectivity index (χ2n) is 4.13. The van der Waals surface area contributed by atoms with E-state index in [0.29, 0.717) is 5.56 Å². The first-order valence-electron chi connectivity index (χ1n) is 5.65. The zero-order valence-corrected chi connectivity index (χ0v) is 11.9. The molecular weight excluding hydrogens is 339 g/mol. The number of alkyl halides is 1. The van der Waals surface area contributed by atoms with E-state index in [2.05, 4.69) is 46.9 Å². The standard InChI is InChI=1S/C15H13IO2/c16-10-12-6-4-11(5-7-12)8-13-2-1-3-14(9-13)15(17)18/h1-7,9H,8,10H2,(H,17,18). The Morgan fingerprint density at radius 2 is 1.67 bits per heavy atom. The van der Waals surface area contributed by atoms with Gasteiger partial charge in [0, 0.05) is 4.43 Å². The summed E-state index contributed by atoms with van der Waals surface area (Å²) in [6, 6.07) is 15.5. The highest BCUT2D eigenvalue weighted by atomic mass is 127. The van der Waals surface area contributed by atoms with Gasteiger partial charge < -0.3 is 5.11 Å². The molecular formula is C15H13IO2. The number of rotatable bonds is 4. The number of carboxylic acids is 1. The van der Waals surface area contributed by atoms with Crippen molar-refractivity contribution in [3.05, 3.63) is 70.8 Å². The molecule has 2 nitrogen and oxygen atoms in total. The summed E-state index contributed by atoms with van der Waals surface area (Å²) in [5.41, 5.74) is 3.87. The van der Waals surface area contributed by atoms with Crippen LogP contribution < -0.4 is 0 Å². The third kappa shape index (κ3) is 3.32. The zero-order chi connectivity index (χ0) is 13.0. The second-order valence-corrected chi connectivity index (χ2v) is 4.90. The lowest BCUT2D eigenvalue weighted by molar-refractivity contribution is 0.0697. The van der Waals surface area contributed by atoms with Gasteiger partial charge in [-0.15, -0.1) is 0 Å². The maximum atomic E-state index is 10.9. The summed E-state index contributed by atoms with van der Waals surface area (Å²) in [5.74, 6) is -0.878. The van der Waals surface area contributed by atoms with Crippen molar-refractivity contribution in [2.45, 2.75) is 10.8 Å². The molecule has 0 bridgehead atoms. The summed E-state index contributed by atoms with van der Waals surface area (Å²) in [4.78, 5) is 10.9. The van der Waals surface area contributed by atoms with Gasteiger partial charge in [-0.1, -0.05) is 59.0 Å². The monoisotopic (exact) mass is 352 g/mol. The van der Waals surface area contributed by atoms with Gasteiger partial charge >= 0.3 is 5.97 Å². The molecule has 0 atom stereocenters. The molecule has 0 heterocycles. The van der Waals surface area contributed by atoms with E-state index in [1.54, 1.807) is 18.2 Å². The Balaban J connectivity index is 2.17. The molecule has 18 heavy (non-hydrogen) atoms. The van der Waals surface area contributed by atoms with Gasteiger partial charge in [0.1, 0.15) is 0 Å². The van der Waals surface area contributed by atoms with E-state index in [1.807, 2.05) is 6.07 Å². The van der Waals surface area contributed by atoms with Crippen LogP contribution in [-0.2, 0) is 10.8 Å². The smallest absolute Gasteiger partial charge is 0.335 e. The molecule has 0 aromatic heterocycles. The predicted molar refractivity (Wildman–Crippen MR) is 80.4 cm³/mol. The molecule has 1 N–H and O–H groups in total. The number of hydrogen-bond donors (Lipinski definition) is 1. The third-order valence-electron chi connectivity index (χ3n) is 2.76. The van der Waals surface area contributed by atoms with Crippen LogP contribution in [0.15, 0.2) is 48.5 Å². The molecule has 2 aromatic rings. The van der Waals surface area contributed by atoms with Gasteiger partial charge in [0.25, 0.3) is 0 Å². The summed E-state index contributed by atoms with van der Waals surface area (Å²) in [6.45, 7) is 0. The maximum Gasteiger partial charge on any atom is 0.335 e. The first-order chi connectivity index (χ1) is 8.69. The molecule has 0 amide bonds. The Bertz CT molecular complexity index is 547. The Hall–Kier alpha value is -1.36. The summed E-state index contributed by atoms with van der Waals surface area (Å²) >= 11 is 2.33. The average Bonchev–Trinajstić information content (AvgIpc) is 2.40. The Kier molecular flexibility index (Phi) is 4.36. The molecule has 0 aliphatic rings. The van der Waals surface area contributed by atoms with E-state index in [1.165, 1.54) is 11.1 Å². The minimum atomic E-state index is -0.878. The molecule has 92 valence electrons. The lowest BCUT2D eigenvalue weighted by atomic mass is 10.0. The van der Waals surface area contributed by atoms with Gasteiger partial charge in [-0.3, -0.25) is 0 Å². The van der Waals surface area contributed by atoms with Crippen LogP contribution in [0.1, 0.15) is 27.0 Å². The van der Waals surface area contributed by atoms with Crippen molar-refractivity contribution in [2.24, 2.45) is 0 Å². The first kappa shape index (κ1) is 13.1. The predicted octanol–water partition coefficient (Wildman–Crippen LogP) is 3.91. The van der Waals surface area contributed by atoms with Gasteiger partial charge in [0.2, 0.25) is 0 Å². The average molecular weight is 352 g/mol. The summed E-state index contributed by atoms with van der Waals surface area (Å²) in [7, 11) is 0. The molecule has 0 radical (unpaired) electrons. The van der Waals surface area contributed by atoms with Gasteiger partial charge in [-0.25, -0.2) is 4.79 Å². The van der Waals surface area contributed by atoms with Crippen molar-refractivity contribution in [1.29, 1.82) is 0 Å². The number of benzene rings is 2. The van der Waals surface area contributed by atoms with Gasteiger partial charge in [0.15, 0.2) is 0 Å². The van der Waals surface area contributed by atoms with Crippen molar-refractivity contribution in [3.8, 4) is 0 Å². The molecule has 0 saturated heterocycles. The summed E-state index contributed by atoms with van der Waals surface area (Å²) < 4.78 is 1.01. The highest BCUT2D eigenvalue weighted by Gasteiger charge is 2.03. The van der Waals surface area contributed by atoms with Crippen molar-refractivity contribution in [2.75, 3.05) is 0 Å².